The van der Waals surface area contributed by atoms with Gasteiger partial charge in [-0.05, 0) is 83.5 Å². The lowest BCUT2D eigenvalue weighted by Crippen LogP contribution is -2.30. The zero-order valence-corrected chi connectivity index (χ0v) is 40.3. The number of hydrogen-bond acceptors (Lipinski definition) is 6. The second-order valence-corrected chi connectivity index (χ2v) is 16.1. The average Bonchev–Trinajstić information content (AvgIpc) is 3.28. The first-order chi connectivity index (χ1) is 31.0. The quantitative estimate of drug-likeness (QED) is 0.0200. The summed E-state index contributed by atoms with van der Waals surface area (Å²) in [6.07, 6.45) is 69.2. The normalized spacial score (nSPS) is 13.1. The van der Waals surface area contributed by atoms with E-state index in [-0.39, 0.29) is 38.0 Å². The molecule has 0 aliphatic carbocycles. The van der Waals surface area contributed by atoms with Crippen molar-refractivity contribution in [1.29, 1.82) is 0 Å². The Kier molecular flexibility index (Phi) is 47.1. The summed E-state index contributed by atoms with van der Waals surface area (Å²) < 4.78 is 16.6. The molecule has 6 heteroatoms. The fourth-order valence-electron chi connectivity index (χ4n) is 6.36. The Morgan fingerprint density at radius 1 is 0.349 bits per heavy atom. The van der Waals surface area contributed by atoms with E-state index in [1.165, 1.54) is 77.0 Å². The van der Waals surface area contributed by atoms with Crippen LogP contribution in [0.1, 0.15) is 201 Å². The predicted octanol–water partition coefficient (Wildman–Crippen LogP) is 16.5. The molecule has 0 N–H and O–H groups in total. The van der Waals surface area contributed by atoms with Gasteiger partial charge in [0.05, 0.1) is 0 Å². The highest BCUT2D eigenvalue weighted by atomic mass is 16.6. The van der Waals surface area contributed by atoms with Gasteiger partial charge in [-0.2, -0.15) is 0 Å². The third kappa shape index (κ3) is 48.7. The summed E-state index contributed by atoms with van der Waals surface area (Å²) in [4.78, 5) is 37.9. The fraction of sp³-hybridized carbons (Fsp3) is 0.596. The first-order valence-corrected chi connectivity index (χ1v) is 25.1. The molecule has 0 rings (SSSR count). The van der Waals surface area contributed by atoms with E-state index in [1.807, 2.05) is 60.8 Å². The van der Waals surface area contributed by atoms with Crippen molar-refractivity contribution in [3.05, 3.63) is 122 Å². The van der Waals surface area contributed by atoms with Crippen molar-refractivity contribution in [3.63, 3.8) is 0 Å². The molecule has 0 bridgehead atoms. The van der Waals surface area contributed by atoms with Crippen molar-refractivity contribution in [1.82, 2.24) is 0 Å². The molecule has 0 aromatic carbocycles. The first-order valence-electron chi connectivity index (χ1n) is 25.1. The number of carbonyl (C=O) groups excluding carboxylic acids is 3. The molecule has 1 unspecified atom stereocenters. The zero-order chi connectivity index (χ0) is 45.8. The first kappa shape index (κ1) is 58.8. The number of hydrogen-bond donors (Lipinski definition) is 0. The van der Waals surface area contributed by atoms with E-state index in [4.69, 9.17) is 14.2 Å². The Hall–Kier alpha value is -4.19. The van der Waals surface area contributed by atoms with Crippen LogP contribution >= 0.6 is 0 Å². The van der Waals surface area contributed by atoms with Crippen molar-refractivity contribution in [3.8, 4) is 0 Å². The largest absolute Gasteiger partial charge is 0.462 e. The Morgan fingerprint density at radius 3 is 1.29 bits per heavy atom. The molecule has 0 aliphatic heterocycles. The van der Waals surface area contributed by atoms with Crippen molar-refractivity contribution in [2.45, 2.75) is 207 Å². The summed E-state index contributed by atoms with van der Waals surface area (Å²) in [5.74, 6) is -1.09. The minimum absolute atomic E-state index is 0.130. The lowest BCUT2D eigenvalue weighted by molar-refractivity contribution is -0.166. The van der Waals surface area contributed by atoms with Crippen LogP contribution in [0.5, 0.6) is 0 Å². The number of esters is 3. The van der Waals surface area contributed by atoms with Crippen molar-refractivity contribution in [2.24, 2.45) is 0 Å². The summed E-state index contributed by atoms with van der Waals surface area (Å²) in [7, 11) is 0. The maximum absolute atomic E-state index is 12.7. The lowest BCUT2D eigenvalue weighted by Gasteiger charge is -2.18. The van der Waals surface area contributed by atoms with E-state index in [0.29, 0.717) is 19.3 Å². The van der Waals surface area contributed by atoms with E-state index in [9.17, 15) is 14.4 Å². The van der Waals surface area contributed by atoms with Crippen molar-refractivity contribution in [2.75, 3.05) is 13.2 Å². The Morgan fingerprint density at radius 2 is 0.746 bits per heavy atom. The standard InChI is InChI=1S/C57H90O6/c1-4-7-10-13-16-19-22-25-26-27-28-29-30-33-35-38-41-44-47-50-56(59)62-53-54(63-57(60)51-48-45-42-39-36-32-24-21-18-15-12-9-6-3)52-61-55(58)49-46-43-40-37-34-31-23-20-17-14-11-8-5-2/h7,9-10,12,15-16,18-19,21,24-26,31-32,34,36,39-40,42-43,54H,4-6,8,11,13-14,17,20,22-23,27-30,33,35,37-38,41,44-53H2,1-3H3/b10-7-,12-9-,18-15-,19-16-,24-21-,26-25-,34-31-,36-32-,42-39-,43-40-. The summed E-state index contributed by atoms with van der Waals surface area (Å²) in [5, 5.41) is 0. The molecule has 0 aromatic heterocycles. The van der Waals surface area contributed by atoms with Crippen LogP contribution in [0, 0.1) is 0 Å². The van der Waals surface area contributed by atoms with Crippen molar-refractivity contribution >= 4 is 17.9 Å². The van der Waals surface area contributed by atoms with E-state index in [0.717, 1.165) is 70.6 Å². The van der Waals surface area contributed by atoms with Crippen LogP contribution in [-0.4, -0.2) is 37.2 Å². The molecular weight excluding hydrogens is 781 g/mol. The van der Waals surface area contributed by atoms with Gasteiger partial charge >= 0.3 is 17.9 Å². The summed E-state index contributed by atoms with van der Waals surface area (Å²) in [6.45, 7) is 6.23. The molecule has 0 saturated carbocycles. The number of unbranched alkanes of at least 4 members (excludes halogenated alkanes) is 16. The van der Waals surface area contributed by atoms with Gasteiger partial charge in [0, 0.05) is 19.3 Å². The van der Waals surface area contributed by atoms with Gasteiger partial charge in [-0.3, -0.25) is 14.4 Å². The fourth-order valence-corrected chi connectivity index (χ4v) is 6.36. The number of ether oxygens (including phenoxy) is 3. The molecule has 0 heterocycles. The molecule has 6 nitrogen and oxygen atoms in total. The van der Waals surface area contributed by atoms with E-state index < -0.39 is 12.1 Å². The Balaban J connectivity index is 4.52. The number of carbonyl (C=O) groups is 3. The minimum Gasteiger partial charge on any atom is -0.462 e. The topological polar surface area (TPSA) is 78.9 Å². The second-order valence-electron chi connectivity index (χ2n) is 16.1. The van der Waals surface area contributed by atoms with Gasteiger partial charge in [0.25, 0.3) is 0 Å². The highest BCUT2D eigenvalue weighted by Gasteiger charge is 2.19. The van der Waals surface area contributed by atoms with Gasteiger partial charge in [0.15, 0.2) is 6.10 Å². The van der Waals surface area contributed by atoms with Gasteiger partial charge in [-0.25, -0.2) is 0 Å². The molecule has 0 spiro atoms. The summed E-state index contributed by atoms with van der Waals surface area (Å²) in [6, 6.07) is 0. The highest BCUT2D eigenvalue weighted by molar-refractivity contribution is 5.71. The van der Waals surface area contributed by atoms with Gasteiger partial charge < -0.3 is 14.2 Å². The summed E-state index contributed by atoms with van der Waals surface area (Å²) >= 11 is 0. The number of rotatable bonds is 43. The maximum atomic E-state index is 12.7. The summed E-state index contributed by atoms with van der Waals surface area (Å²) in [5.41, 5.74) is 0. The van der Waals surface area contributed by atoms with Crippen LogP contribution in [0.15, 0.2) is 122 Å². The van der Waals surface area contributed by atoms with Gasteiger partial charge in [0.2, 0.25) is 0 Å². The van der Waals surface area contributed by atoms with E-state index >= 15 is 0 Å². The highest BCUT2D eigenvalue weighted by Crippen LogP contribution is 2.13. The number of allylic oxidation sites excluding steroid dienone is 20. The molecule has 354 valence electrons. The van der Waals surface area contributed by atoms with Crippen LogP contribution in [0.3, 0.4) is 0 Å². The van der Waals surface area contributed by atoms with Crippen molar-refractivity contribution < 1.29 is 28.6 Å². The van der Waals surface area contributed by atoms with Gasteiger partial charge in [-0.1, -0.05) is 219 Å². The zero-order valence-electron chi connectivity index (χ0n) is 40.3. The molecular formula is C57H90O6. The molecule has 0 amide bonds. The monoisotopic (exact) mass is 871 g/mol. The molecule has 1 atom stereocenters. The average molecular weight is 871 g/mol. The third-order valence-corrected chi connectivity index (χ3v) is 10.1. The van der Waals surface area contributed by atoms with E-state index in [2.05, 4.69) is 81.5 Å². The van der Waals surface area contributed by atoms with Gasteiger partial charge in [0.1, 0.15) is 13.2 Å². The van der Waals surface area contributed by atoms with Crippen LogP contribution in [0.25, 0.3) is 0 Å². The Labute approximate surface area is 386 Å². The van der Waals surface area contributed by atoms with E-state index in [1.54, 1.807) is 0 Å². The lowest BCUT2D eigenvalue weighted by atomic mass is 10.1. The Bertz CT molecular complexity index is 1370. The van der Waals surface area contributed by atoms with Crippen LogP contribution in [-0.2, 0) is 28.6 Å². The second kappa shape index (κ2) is 50.5. The van der Waals surface area contributed by atoms with Gasteiger partial charge in [-0.15, -0.1) is 0 Å². The SMILES string of the molecule is CC\C=C/C=C\C=C/C=C\C=C/CCCC(=O)OC(COC(=O)CC/C=C\C/C=C\CCCCCCCC)COC(=O)CCCCCCCCCCC/C=C\C/C=C\C/C=C\CC. The van der Waals surface area contributed by atoms with Crippen LogP contribution in [0.4, 0.5) is 0 Å². The molecule has 0 saturated heterocycles. The van der Waals surface area contributed by atoms with Crippen LogP contribution < -0.4 is 0 Å². The predicted molar refractivity (Wildman–Crippen MR) is 269 cm³/mol. The maximum Gasteiger partial charge on any atom is 0.306 e. The molecule has 0 aromatic rings. The molecule has 0 aliphatic rings. The molecule has 63 heavy (non-hydrogen) atoms. The molecule has 0 fully saturated rings. The smallest absolute Gasteiger partial charge is 0.306 e. The minimum atomic E-state index is -0.842. The molecule has 0 radical (unpaired) electrons. The third-order valence-electron chi connectivity index (χ3n) is 10.1. The van der Waals surface area contributed by atoms with Crippen LogP contribution in [0.2, 0.25) is 0 Å².